The first-order valence-corrected chi connectivity index (χ1v) is 5.22. The molecule has 0 saturated heterocycles. The minimum atomic E-state index is -0.867. The molecular formula is C11H8BrNO2. The van der Waals surface area contributed by atoms with Crippen molar-refractivity contribution in [2.24, 2.45) is 0 Å². The molecule has 2 aromatic rings. The first kappa shape index (κ1) is 10.1. The smallest absolute Gasteiger partial charge is 0.309 e. The second-order valence-electron chi connectivity index (χ2n) is 3.18. The fraction of sp³-hybridized carbons (Fsp3) is 0.0909. The van der Waals surface area contributed by atoms with E-state index in [1.54, 1.807) is 6.07 Å². The fourth-order valence-corrected chi connectivity index (χ4v) is 1.87. The van der Waals surface area contributed by atoms with E-state index in [2.05, 4.69) is 20.9 Å². The molecule has 3 nitrogen and oxygen atoms in total. The Hall–Kier alpha value is -1.42. The van der Waals surface area contributed by atoms with Crippen LogP contribution in [0.4, 0.5) is 0 Å². The lowest BCUT2D eigenvalue weighted by atomic mass is 10.2. The molecule has 0 radical (unpaired) electrons. The highest BCUT2D eigenvalue weighted by molar-refractivity contribution is 9.10. The molecule has 15 heavy (non-hydrogen) atoms. The summed E-state index contributed by atoms with van der Waals surface area (Å²) < 4.78 is 0.882. The Kier molecular flexibility index (Phi) is 2.68. The predicted octanol–water partition coefficient (Wildman–Crippen LogP) is 2.62. The first-order chi connectivity index (χ1) is 7.16. The van der Waals surface area contributed by atoms with Crippen LogP contribution in [0.15, 0.2) is 34.8 Å². The Morgan fingerprint density at radius 3 is 2.87 bits per heavy atom. The third-order valence-electron chi connectivity index (χ3n) is 2.06. The van der Waals surface area contributed by atoms with Gasteiger partial charge in [0.2, 0.25) is 0 Å². The molecule has 0 spiro atoms. The summed E-state index contributed by atoms with van der Waals surface area (Å²) in [5.74, 6) is -0.867. The van der Waals surface area contributed by atoms with Crippen LogP contribution in [0.5, 0.6) is 0 Å². The minimum absolute atomic E-state index is 0.0444. The number of aromatic nitrogens is 1. The van der Waals surface area contributed by atoms with Gasteiger partial charge < -0.3 is 5.11 Å². The summed E-state index contributed by atoms with van der Waals surface area (Å²) in [6.07, 6.45) is -0.0444. The highest BCUT2D eigenvalue weighted by Gasteiger charge is 2.04. The van der Waals surface area contributed by atoms with Crippen LogP contribution in [0.2, 0.25) is 0 Å². The molecule has 0 aliphatic carbocycles. The van der Waals surface area contributed by atoms with Crippen molar-refractivity contribution >= 4 is 32.8 Å². The minimum Gasteiger partial charge on any atom is -0.481 e. The van der Waals surface area contributed by atoms with E-state index < -0.39 is 5.97 Å². The van der Waals surface area contributed by atoms with Crippen LogP contribution in [0.3, 0.4) is 0 Å². The lowest BCUT2D eigenvalue weighted by Gasteiger charge is -2.02. The Morgan fingerprint density at radius 1 is 1.33 bits per heavy atom. The quantitative estimate of drug-likeness (QED) is 0.908. The number of hydrogen-bond donors (Lipinski definition) is 1. The molecule has 0 aliphatic heterocycles. The maximum Gasteiger partial charge on any atom is 0.309 e. The molecule has 0 unspecified atom stereocenters. The summed E-state index contributed by atoms with van der Waals surface area (Å²) in [7, 11) is 0. The van der Waals surface area contributed by atoms with Gasteiger partial charge in [0, 0.05) is 9.86 Å². The second kappa shape index (κ2) is 3.98. The summed E-state index contributed by atoms with van der Waals surface area (Å²) in [6, 6.07) is 9.37. The van der Waals surface area contributed by atoms with E-state index in [0.717, 1.165) is 15.4 Å². The largest absolute Gasteiger partial charge is 0.481 e. The molecule has 0 bridgehead atoms. The maximum atomic E-state index is 10.5. The lowest BCUT2D eigenvalue weighted by Crippen LogP contribution is -2.02. The molecule has 0 saturated carbocycles. The number of carbonyl (C=O) groups is 1. The van der Waals surface area contributed by atoms with Gasteiger partial charge in [-0.05, 0) is 28.1 Å². The number of halogens is 1. The Morgan fingerprint density at radius 2 is 2.13 bits per heavy atom. The molecule has 0 fully saturated rings. The molecule has 4 heteroatoms. The summed E-state index contributed by atoms with van der Waals surface area (Å²) in [5.41, 5.74) is 1.37. The molecule has 0 atom stereocenters. The normalized spacial score (nSPS) is 10.5. The van der Waals surface area contributed by atoms with Gasteiger partial charge in [-0.25, -0.2) is 0 Å². The number of rotatable bonds is 2. The van der Waals surface area contributed by atoms with Gasteiger partial charge >= 0.3 is 5.97 Å². The number of aliphatic carboxylic acids is 1. The molecule has 1 N–H and O–H groups in total. The number of carboxylic acids is 1. The number of fused-ring (bicyclic) bond motifs is 1. The van der Waals surface area contributed by atoms with Crippen LogP contribution in [-0.2, 0) is 11.2 Å². The summed E-state index contributed by atoms with van der Waals surface area (Å²) in [6.45, 7) is 0. The van der Waals surface area contributed by atoms with Gasteiger partial charge in [0.15, 0.2) is 0 Å². The Balaban J connectivity index is 2.54. The molecular weight excluding hydrogens is 258 g/mol. The van der Waals surface area contributed by atoms with E-state index in [1.165, 1.54) is 0 Å². The van der Waals surface area contributed by atoms with Crippen molar-refractivity contribution < 1.29 is 9.90 Å². The zero-order chi connectivity index (χ0) is 10.8. The number of hydrogen-bond acceptors (Lipinski definition) is 2. The van der Waals surface area contributed by atoms with E-state index in [9.17, 15) is 4.79 Å². The first-order valence-electron chi connectivity index (χ1n) is 4.43. The highest BCUT2D eigenvalue weighted by Crippen LogP contribution is 2.22. The van der Waals surface area contributed by atoms with Crippen molar-refractivity contribution in [3.05, 3.63) is 40.5 Å². The predicted molar refractivity (Wildman–Crippen MR) is 60.8 cm³/mol. The molecule has 0 amide bonds. The number of pyridine rings is 1. The summed E-state index contributed by atoms with van der Waals surface area (Å²) in [4.78, 5) is 14.8. The Labute approximate surface area is 94.9 Å². The molecule has 2 rings (SSSR count). The second-order valence-corrected chi connectivity index (χ2v) is 4.04. The third kappa shape index (κ3) is 2.15. The van der Waals surface area contributed by atoms with Gasteiger partial charge in [0.05, 0.1) is 17.6 Å². The Bertz CT molecular complexity index is 525. The van der Waals surface area contributed by atoms with Gasteiger partial charge in [0.1, 0.15) is 0 Å². The van der Waals surface area contributed by atoms with Crippen LogP contribution in [-0.4, -0.2) is 16.1 Å². The van der Waals surface area contributed by atoms with E-state index in [-0.39, 0.29) is 6.42 Å². The molecule has 76 valence electrons. The summed E-state index contributed by atoms with van der Waals surface area (Å²) >= 11 is 3.39. The molecule has 1 aromatic carbocycles. The van der Waals surface area contributed by atoms with E-state index in [1.807, 2.05) is 24.3 Å². The van der Waals surface area contributed by atoms with Crippen molar-refractivity contribution in [1.82, 2.24) is 4.98 Å². The average molecular weight is 266 g/mol. The van der Waals surface area contributed by atoms with Crippen molar-refractivity contribution in [2.45, 2.75) is 6.42 Å². The van der Waals surface area contributed by atoms with Crippen LogP contribution < -0.4 is 0 Å². The lowest BCUT2D eigenvalue weighted by molar-refractivity contribution is -0.136. The summed E-state index contributed by atoms with van der Waals surface area (Å²) in [5, 5.41) is 9.66. The monoisotopic (exact) mass is 265 g/mol. The van der Waals surface area contributed by atoms with E-state index in [0.29, 0.717) is 5.69 Å². The number of benzene rings is 1. The number of para-hydroxylation sites is 1. The van der Waals surface area contributed by atoms with Crippen LogP contribution in [0.1, 0.15) is 5.69 Å². The van der Waals surface area contributed by atoms with Crippen LogP contribution in [0.25, 0.3) is 10.9 Å². The zero-order valence-corrected chi connectivity index (χ0v) is 9.36. The van der Waals surface area contributed by atoms with E-state index in [4.69, 9.17) is 5.11 Å². The third-order valence-corrected chi connectivity index (χ3v) is 2.70. The topological polar surface area (TPSA) is 50.2 Å². The number of carboxylic acid groups (broad SMARTS) is 1. The van der Waals surface area contributed by atoms with Crippen molar-refractivity contribution in [3.63, 3.8) is 0 Å². The maximum absolute atomic E-state index is 10.5. The van der Waals surface area contributed by atoms with Gasteiger partial charge in [-0.1, -0.05) is 18.2 Å². The SMILES string of the molecule is O=C(O)Cc1ccc2cccc(Br)c2n1. The van der Waals surface area contributed by atoms with Gasteiger partial charge in [-0.3, -0.25) is 9.78 Å². The molecule has 1 heterocycles. The van der Waals surface area contributed by atoms with Gasteiger partial charge in [-0.2, -0.15) is 0 Å². The van der Waals surface area contributed by atoms with Crippen LogP contribution >= 0.6 is 15.9 Å². The van der Waals surface area contributed by atoms with Gasteiger partial charge in [-0.15, -0.1) is 0 Å². The fourth-order valence-electron chi connectivity index (χ4n) is 1.40. The van der Waals surface area contributed by atoms with E-state index >= 15 is 0 Å². The van der Waals surface area contributed by atoms with Crippen molar-refractivity contribution in [1.29, 1.82) is 0 Å². The van der Waals surface area contributed by atoms with Gasteiger partial charge in [0.25, 0.3) is 0 Å². The molecule has 1 aromatic heterocycles. The highest BCUT2D eigenvalue weighted by atomic mass is 79.9. The van der Waals surface area contributed by atoms with Crippen molar-refractivity contribution in [3.8, 4) is 0 Å². The standard InChI is InChI=1S/C11H8BrNO2/c12-9-3-1-2-7-4-5-8(6-10(14)15)13-11(7)9/h1-5H,6H2,(H,14,15). The van der Waals surface area contributed by atoms with Crippen LogP contribution in [0, 0.1) is 0 Å². The van der Waals surface area contributed by atoms with Crippen molar-refractivity contribution in [2.75, 3.05) is 0 Å². The molecule has 0 aliphatic rings. The average Bonchev–Trinajstić information content (AvgIpc) is 2.18. The number of nitrogens with zero attached hydrogens (tertiary/aromatic N) is 1. The zero-order valence-electron chi connectivity index (χ0n) is 7.77.